The number of methoxy groups -OCH3 is 1. The molecule has 0 aliphatic heterocycles. The Morgan fingerprint density at radius 2 is 1.79 bits per heavy atom. The first kappa shape index (κ1) is 27.9. The average Bonchev–Trinajstić information content (AvgIpc) is 2.71. The van der Waals surface area contributed by atoms with E-state index in [1.807, 2.05) is 0 Å². The number of benzene rings is 1. The lowest BCUT2D eigenvalue weighted by molar-refractivity contribution is -0.140. The molecule has 0 saturated carbocycles. The van der Waals surface area contributed by atoms with Crippen LogP contribution < -0.4 is 16.4 Å². The van der Waals surface area contributed by atoms with Gasteiger partial charge in [0.2, 0.25) is 11.8 Å². The van der Waals surface area contributed by atoms with Crippen LogP contribution in [0.4, 0.5) is 14.9 Å². The molecule has 0 aromatic heterocycles. The Labute approximate surface area is 193 Å². The van der Waals surface area contributed by atoms with Gasteiger partial charge in [-0.15, -0.1) is 0 Å². The van der Waals surface area contributed by atoms with Crippen molar-refractivity contribution in [1.29, 1.82) is 0 Å². The number of aryl methyl sites for hydroxylation is 1. The maximum absolute atomic E-state index is 14.9. The zero-order chi connectivity index (χ0) is 25.0. The minimum atomic E-state index is -1.14. The van der Waals surface area contributed by atoms with Gasteiger partial charge in [-0.1, -0.05) is 18.6 Å². The zero-order valence-electron chi connectivity index (χ0n) is 19.7. The SMILES string of the molecule is COC(=O)CCCCCc1cccc(NC(=O)[C@H](CCC(N)=O)NC(=O)OC(C)(C)C)c1F. The van der Waals surface area contributed by atoms with Gasteiger partial charge in [-0.2, -0.15) is 0 Å². The van der Waals surface area contributed by atoms with Crippen LogP contribution in [0.2, 0.25) is 0 Å². The van der Waals surface area contributed by atoms with E-state index < -0.39 is 35.4 Å². The van der Waals surface area contributed by atoms with Crippen LogP contribution in [-0.4, -0.2) is 42.6 Å². The number of ether oxygens (including phenoxy) is 2. The van der Waals surface area contributed by atoms with E-state index in [1.54, 1.807) is 32.9 Å². The smallest absolute Gasteiger partial charge is 0.408 e. The van der Waals surface area contributed by atoms with E-state index in [0.29, 0.717) is 31.2 Å². The summed E-state index contributed by atoms with van der Waals surface area (Å²) in [6, 6.07) is 3.50. The lowest BCUT2D eigenvalue weighted by atomic mass is 10.0. The van der Waals surface area contributed by atoms with Crippen LogP contribution in [-0.2, 0) is 30.3 Å². The number of anilines is 1. The summed E-state index contributed by atoms with van der Waals surface area (Å²) in [7, 11) is 1.33. The van der Waals surface area contributed by atoms with E-state index in [9.17, 15) is 23.6 Å². The molecule has 4 N–H and O–H groups in total. The van der Waals surface area contributed by atoms with Gasteiger partial charge in [0.25, 0.3) is 0 Å². The Morgan fingerprint density at radius 3 is 2.39 bits per heavy atom. The predicted molar refractivity (Wildman–Crippen MR) is 121 cm³/mol. The van der Waals surface area contributed by atoms with E-state index in [1.165, 1.54) is 13.2 Å². The van der Waals surface area contributed by atoms with Gasteiger partial charge in [-0.25, -0.2) is 9.18 Å². The highest BCUT2D eigenvalue weighted by atomic mass is 19.1. The van der Waals surface area contributed by atoms with Gasteiger partial charge in [0, 0.05) is 12.8 Å². The van der Waals surface area contributed by atoms with Crippen LogP contribution in [0.15, 0.2) is 18.2 Å². The number of rotatable bonds is 12. The van der Waals surface area contributed by atoms with Gasteiger partial charge < -0.3 is 25.8 Å². The molecule has 0 radical (unpaired) electrons. The normalized spacial score (nSPS) is 11.9. The number of hydrogen-bond donors (Lipinski definition) is 3. The van der Waals surface area contributed by atoms with Crippen molar-refractivity contribution in [2.75, 3.05) is 12.4 Å². The van der Waals surface area contributed by atoms with Crippen molar-refractivity contribution in [3.63, 3.8) is 0 Å². The fourth-order valence-corrected chi connectivity index (χ4v) is 2.96. The van der Waals surface area contributed by atoms with E-state index >= 15 is 0 Å². The molecule has 33 heavy (non-hydrogen) atoms. The number of nitrogens with two attached hydrogens (primary N) is 1. The van der Waals surface area contributed by atoms with Crippen molar-refractivity contribution in [1.82, 2.24) is 5.32 Å². The van der Waals surface area contributed by atoms with Crippen LogP contribution >= 0.6 is 0 Å². The van der Waals surface area contributed by atoms with Crippen LogP contribution in [0, 0.1) is 5.82 Å². The number of carbonyl (C=O) groups is 4. The van der Waals surface area contributed by atoms with Crippen LogP contribution in [0.1, 0.15) is 64.9 Å². The van der Waals surface area contributed by atoms with Crippen molar-refractivity contribution in [3.05, 3.63) is 29.6 Å². The molecule has 1 rings (SSSR count). The summed E-state index contributed by atoms with van der Waals surface area (Å²) in [4.78, 5) is 47.1. The number of primary amides is 1. The largest absolute Gasteiger partial charge is 0.469 e. The van der Waals surface area contributed by atoms with Crippen molar-refractivity contribution >= 4 is 29.6 Å². The first-order chi connectivity index (χ1) is 15.4. The minimum absolute atomic E-state index is 0.0397. The first-order valence-corrected chi connectivity index (χ1v) is 10.9. The Balaban J connectivity index is 2.79. The summed E-state index contributed by atoms with van der Waals surface area (Å²) in [5.74, 6) is -2.20. The Bertz CT molecular complexity index is 838. The number of amides is 3. The summed E-state index contributed by atoms with van der Waals surface area (Å²) < 4.78 is 24.7. The molecule has 0 spiro atoms. The number of esters is 1. The predicted octanol–water partition coefficient (Wildman–Crippen LogP) is 3.20. The highest BCUT2D eigenvalue weighted by Crippen LogP contribution is 2.21. The third-order valence-electron chi connectivity index (χ3n) is 4.58. The molecule has 0 aliphatic rings. The van der Waals surface area contributed by atoms with Gasteiger partial charge in [-0.3, -0.25) is 14.4 Å². The third-order valence-corrected chi connectivity index (χ3v) is 4.58. The maximum atomic E-state index is 14.9. The van der Waals surface area contributed by atoms with Crippen LogP contribution in [0.3, 0.4) is 0 Å². The lowest BCUT2D eigenvalue weighted by Crippen LogP contribution is -2.46. The van der Waals surface area contributed by atoms with E-state index in [4.69, 9.17) is 10.5 Å². The standard InChI is InChI=1S/C23H34FN3O6/c1-23(2,3)33-22(31)27-17(13-14-18(25)28)21(30)26-16-11-8-10-15(20(16)24)9-6-5-7-12-19(29)32-4/h8,10-11,17H,5-7,9,12-14H2,1-4H3,(H2,25,28)(H,26,30)(H,27,31)/t17-/m0/s1. The van der Waals surface area contributed by atoms with Crippen molar-refractivity contribution < 1.29 is 33.0 Å². The number of alkyl carbamates (subject to hydrolysis) is 1. The second kappa shape index (κ2) is 13.4. The highest BCUT2D eigenvalue weighted by molar-refractivity contribution is 5.97. The summed E-state index contributed by atoms with van der Waals surface area (Å²) in [6.07, 6.45) is 1.71. The minimum Gasteiger partial charge on any atom is -0.469 e. The molecular formula is C23H34FN3O6. The molecule has 0 fully saturated rings. The van der Waals surface area contributed by atoms with E-state index in [2.05, 4.69) is 15.4 Å². The summed E-state index contributed by atoms with van der Waals surface area (Å²) >= 11 is 0. The second-order valence-corrected chi connectivity index (χ2v) is 8.61. The zero-order valence-corrected chi connectivity index (χ0v) is 19.7. The number of nitrogens with one attached hydrogen (secondary N) is 2. The monoisotopic (exact) mass is 467 g/mol. The Kier molecular flexibility index (Phi) is 11.3. The van der Waals surface area contributed by atoms with Gasteiger partial charge >= 0.3 is 12.1 Å². The van der Waals surface area contributed by atoms with Gasteiger partial charge in [0.15, 0.2) is 0 Å². The van der Waals surface area contributed by atoms with Crippen molar-refractivity contribution in [3.8, 4) is 0 Å². The Hall–Kier alpha value is -3.17. The van der Waals surface area contributed by atoms with Gasteiger partial charge in [-0.05, 0) is 58.1 Å². The van der Waals surface area contributed by atoms with Crippen molar-refractivity contribution in [2.24, 2.45) is 5.73 Å². The molecule has 0 bridgehead atoms. The topological polar surface area (TPSA) is 137 Å². The van der Waals surface area contributed by atoms with E-state index in [-0.39, 0.29) is 24.5 Å². The number of hydrogen-bond acceptors (Lipinski definition) is 6. The summed E-state index contributed by atoms with van der Waals surface area (Å²) in [6.45, 7) is 5.00. The fraction of sp³-hybridized carbons (Fsp3) is 0.565. The molecule has 0 unspecified atom stereocenters. The molecule has 1 atom stereocenters. The molecule has 0 aliphatic carbocycles. The number of carbonyl (C=O) groups excluding carboxylic acids is 4. The van der Waals surface area contributed by atoms with Crippen LogP contribution in [0.5, 0.6) is 0 Å². The average molecular weight is 468 g/mol. The highest BCUT2D eigenvalue weighted by Gasteiger charge is 2.25. The number of unbranched alkanes of at least 4 members (excludes halogenated alkanes) is 2. The summed E-state index contributed by atoms with van der Waals surface area (Å²) in [5.41, 5.74) is 4.75. The fourth-order valence-electron chi connectivity index (χ4n) is 2.96. The number of halogens is 1. The maximum Gasteiger partial charge on any atom is 0.408 e. The molecule has 0 heterocycles. The molecule has 1 aromatic rings. The van der Waals surface area contributed by atoms with Gasteiger partial charge in [0.1, 0.15) is 17.5 Å². The second-order valence-electron chi connectivity index (χ2n) is 8.61. The molecule has 184 valence electrons. The first-order valence-electron chi connectivity index (χ1n) is 10.9. The van der Waals surface area contributed by atoms with Crippen LogP contribution in [0.25, 0.3) is 0 Å². The van der Waals surface area contributed by atoms with E-state index in [0.717, 1.165) is 6.42 Å². The molecule has 0 saturated heterocycles. The summed E-state index contributed by atoms with van der Waals surface area (Å²) in [5, 5.41) is 4.87. The molecule has 3 amide bonds. The lowest BCUT2D eigenvalue weighted by Gasteiger charge is -2.23. The van der Waals surface area contributed by atoms with Crippen molar-refractivity contribution in [2.45, 2.75) is 77.4 Å². The quantitative estimate of drug-likeness (QED) is 0.319. The Morgan fingerprint density at radius 1 is 1.09 bits per heavy atom. The molecule has 1 aromatic carbocycles. The molecular weight excluding hydrogens is 433 g/mol. The molecule has 9 nitrogen and oxygen atoms in total. The third kappa shape index (κ3) is 11.3. The molecule has 10 heteroatoms. The van der Waals surface area contributed by atoms with Gasteiger partial charge in [0.05, 0.1) is 12.8 Å².